The molecule has 100 valence electrons. The van der Waals surface area contributed by atoms with Gasteiger partial charge in [-0.25, -0.2) is 18.7 Å². The highest BCUT2D eigenvalue weighted by atomic mass is 19.1. The monoisotopic (exact) mass is 264 g/mol. The summed E-state index contributed by atoms with van der Waals surface area (Å²) in [5, 5.41) is 3.02. The number of hydrogen-bond donors (Lipinski definition) is 2. The average molecular weight is 264 g/mol. The first-order chi connectivity index (χ1) is 9.19. The lowest BCUT2D eigenvalue weighted by Gasteiger charge is -2.07. The molecule has 0 saturated heterocycles. The van der Waals surface area contributed by atoms with E-state index in [9.17, 15) is 8.78 Å². The molecule has 0 bridgehead atoms. The van der Waals surface area contributed by atoms with Crippen molar-refractivity contribution in [3.63, 3.8) is 0 Å². The summed E-state index contributed by atoms with van der Waals surface area (Å²) in [5.74, 6) is 0.298. The highest BCUT2D eigenvalue weighted by molar-refractivity contribution is 5.33. The number of aromatic nitrogens is 2. The van der Waals surface area contributed by atoms with Gasteiger partial charge in [-0.3, -0.25) is 0 Å². The molecule has 0 saturated carbocycles. The van der Waals surface area contributed by atoms with Crippen LogP contribution in [0.2, 0.25) is 0 Å². The number of hydrogen-bond acceptors (Lipinski definition) is 4. The number of benzene rings is 1. The fourth-order valence-electron chi connectivity index (χ4n) is 1.66. The van der Waals surface area contributed by atoms with Crippen LogP contribution in [-0.2, 0) is 13.0 Å². The van der Waals surface area contributed by atoms with Gasteiger partial charge in [-0.05, 0) is 36.2 Å². The molecule has 0 amide bonds. The quantitative estimate of drug-likeness (QED) is 0.865. The maximum absolute atomic E-state index is 13.4. The first-order valence-corrected chi connectivity index (χ1v) is 5.89. The van der Waals surface area contributed by atoms with Crippen molar-refractivity contribution in [1.82, 2.24) is 9.97 Å². The van der Waals surface area contributed by atoms with Crippen molar-refractivity contribution in [2.75, 3.05) is 11.9 Å². The van der Waals surface area contributed by atoms with E-state index < -0.39 is 11.6 Å². The van der Waals surface area contributed by atoms with E-state index in [1.54, 1.807) is 12.3 Å². The van der Waals surface area contributed by atoms with E-state index in [1.165, 1.54) is 6.07 Å². The van der Waals surface area contributed by atoms with E-state index in [4.69, 9.17) is 5.73 Å². The summed E-state index contributed by atoms with van der Waals surface area (Å²) in [5.41, 5.74) is 5.76. The SMILES string of the molecule is NCc1nccc(NCCc2cc(F)ccc2F)n1. The maximum Gasteiger partial charge on any atom is 0.144 e. The largest absolute Gasteiger partial charge is 0.370 e. The van der Waals surface area contributed by atoms with Crippen LogP contribution in [0.25, 0.3) is 0 Å². The van der Waals surface area contributed by atoms with E-state index in [2.05, 4.69) is 15.3 Å². The van der Waals surface area contributed by atoms with Crippen molar-refractivity contribution in [2.45, 2.75) is 13.0 Å². The lowest BCUT2D eigenvalue weighted by Crippen LogP contribution is -2.10. The van der Waals surface area contributed by atoms with Gasteiger partial charge in [0.2, 0.25) is 0 Å². The number of halogens is 2. The first-order valence-electron chi connectivity index (χ1n) is 5.89. The Labute approximate surface area is 109 Å². The Hall–Kier alpha value is -2.08. The molecular weight excluding hydrogens is 250 g/mol. The van der Waals surface area contributed by atoms with E-state index >= 15 is 0 Å². The summed E-state index contributed by atoms with van der Waals surface area (Å²) in [6.45, 7) is 0.704. The van der Waals surface area contributed by atoms with Crippen molar-refractivity contribution in [3.8, 4) is 0 Å². The predicted octanol–water partition coefficient (Wildman–Crippen LogP) is 1.87. The van der Waals surface area contributed by atoms with E-state index in [1.807, 2.05) is 0 Å². The molecule has 0 radical (unpaired) electrons. The van der Waals surface area contributed by atoms with Crippen molar-refractivity contribution in [2.24, 2.45) is 5.73 Å². The minimum atomic E-state index is -0.441. The summed E-state index contributed by atoms with van der Waals surface area (Å²) in [6.07, 6.45) is 1.96. The highest BCUT2D eigenvalue weighted by Gasteiger charge is 2.04. The molecule has 0 aliphatic rings. The minimum absolute atomic E-state index is 0.258. The first kappa shape index (κ1) is 13.4. The van der Waals surface area contributed by atoms with Crippen LogP contribution in [0.1, 0.15) is 11.4 Å². The Morgan fingerprint density at radius 1 is 1.21 bits per heavy atom. The van der Waals surface area contributed by atoms with Crippen LogP contribution in [0.5, 0.6) is 0 Å². The van der Waals surface area contributed by atoms with E-state index in [-0.39, 0.29) is 6.54 Å². The molecule has 0 aliphatic heterocycles. The Bertz CT molecular complexity index is 560. The normalized spacial score (nSPS) is 10.5. The fraction of sp³-hybridized carbons (Fsp3) is 0.231. The highest BCUT2D eigenvalue weighted by Crippen LogP contribution is 2.10. The van der Waals surface area contributed by atoms with Crippen LogP contribution in [0, 0.1) is 11.6 Å². The van der Waals surface area contributed by atoms with Crippen molar-refractivity contribution in [1.29, 1.82) is 0 Å². The molecule has 19 heavy (non-hydrogen) atoms. The summed E-state index contributed by atoms with van der Waals surface area (Å²) >= 11 is 0. The van der Waals surface area contributed by atoms with E-state index in [0.717, 1.165) is 12.1 Å². The molecule has 1 aromatic heterocycles. The van der Waals surface area contributed by atoms with Crippen LogP contribution in [-0.4, -0.2) is 16.5 Å². The third kappa shape index (κ3) is 3.69. The predicted molar refractivity (Wildman–Crippen MR) is 68.5 cm³/mol. The molecule has 0 unspecified atom stereocenters. The molecule has 2 aromatic rings. The Balaban J connectivity index is 1.94. The van der Waals surface area contributed by atoms with Crippen molar-refractivity contribution < 1.29 is 8.78 Å². The molecule has 6 heteroatoms. The van der Waals surface area contributed by atoms with Crippen molar-refractivity contribution in [3.05, 3.63) is 53.5 Å². The molecular formula is C13H14F2N4. The topological polar surface area (TPSA) is 63.8 Å². The third-order valence-corrected chi connectivity index (χ3v) is 2.60. The summed E-state index contributed by atoms with van der Waals surface area (Å²) in [4.78, 5) is 8.11. The number of nitrogens with one attached hydrogen (secondary N) is 1. The summed E-state index contributed by atoms with van der Waals surface area (Å²) in [7, 11) is 0. The van der Waals surface area contributed by atoms with Crippen LogP contribution in [0.15, 0.2) is 30.5 Å². The molecule has 3 N–H and O–H groups in total. The summed E-state index contributed by atoms with van der Waals surface area (Å²) < 4.78 is 26.4. The number of rotatable bonds is 5. The fourth-order valence-corrected chi connectivity index (χ4v) is 1.66. The minimum Gasteiger partial charge on any atom is -0.370 e. The zero-order valence-electron chi connectivity index (χ0n) is 10.2. The average Bonchev–Trinajstić information content (AvgIpc) is 2.43. The molecule has 1 aromatic carbocycles. The number of anilines is 1. The van der Waals surface area contributed by atoms with Gasteiger partial charge >= 0.3 is 0 Å². The zero-order valence-corrected chi connectivity index (χ0v) is 10.2. The Morgan fingerprint density at radius 2 is 2.05 bits per heavy atom. The molecule has 1 heterocycles. The lowest BCUT2D eigenvalue weighted by molar-refractivity contribution is 0.586. The third-order valence-electron chi connectivity index (χ3n) is 2.60. The van der Waals surface area contributed by atoms with Gasteiger partial charge < -0.3 is 11.1 Å². The van der Waals surface area contributed by atoms with Crippen LogP contribution in [0.4, 0.5) is 14.6 Å². The molecule has 2 rings (SSSR count). The van der Waals surface area contributed by atoms with Gasteiger partial charge in [0, 0.05) is 12.7 Å². The van der Waals surface area contributed by atoms with Gasteiger partial charge in [0.25, 0.3) is 0 Å². The molecule has 4 nitrogen and oxygen atoms in total. The second kappa shape index (κ2) is 6.19. The van der Waals surface area contributed by atoms with Gasteiger partial charge in [0.1, 0.15) is 23.3 Å². The molecule has 0 atom stereocenters. The molecule has 0 fully saturated rings. The van der Waals surface area contributed by atoms with Gasteiger partial charge in [0.05, 0.1) is 6.54 Å². The van der Waals surface area contributed by atoms with Crippen LogP contribution >= 0.6 is 0 Å². The standard InChI is InChI=1S/C13H14F2N4/c14-10-1-2-11(15)9(7-10)3-5-17-12-4-6-18-13(8-16)19-12/h1-2,4,6-7H,3,5,8,16H2,(H,17,18,19). The molecule has 0 aliphatic carbocycles. The van der Waals surface area contributed by atoms with Gasteiger partial charge in [-0.15, -0.1) is 0 Å². The number of nitrogens with zero attached hydrogens (tertiary/aromatic N) is 2. The lowest BCUT2D eigenvalue weighted by atomic mass is 10.1. The zero-order chi connectivity index (χ0) is 13.7. The van der Waals surface area contributed by atoms with Gasteiger partial charge in [0.15, 0.2) is 0 Å². The smallest absolute Gasteiger partial charge is 0.144 e. The van der Waals surface area contributed by atoms with E-state index in [0.29, 0.717) is 30.2 Å². The summed E-state index contributed by atoms with van der Waals surface area (Å²) in [6, 6.07) is 5.12. The second-order valence-electron chi connectivity index (χ2n) is 3.97. The molecule has 0 spiro atoms. The maximum atomic E-state index is 13.4. The van der Waals surface area contributed by atoms with Crippen LogP contribution < -0.4 is 11.1 Å². The van der Waals surface area contributed by atoms with Crippen molar-refractivity contribution >= 4 is 5.82 Å². The van der Waals surface area contributed by atoms with Crippen LogP contribution in [0.3, 0.4) is 0 Å². The Morgan fingerprint density at radius 3 is 2.84 bits per heavy atom. The Kier molecular flexibility index (Phi) is 4.35. The van der Waals surface area contributed by atoms with Gasteiger partial charge in [-0.2, -0.15) is 0 Å². The number of nitrogens with two attached hydrogens (primary N) is 1. The van der Waals surface area contributed by atoms with Gasteiger partial charge in [-0.1, -0.05) is 0 Å². The second-order valence-corrected chi connectivity index (χ2v) is 3.97.